The molecule has 42 heavy (non-hydrogen) atoms. The van der Waals surface area contributed by atoms with Crippen LogP contribution in [0.3, 0.4) is 0 Å². The van der Waals surface area contributed by atoms with Gasteiger partial charge in [0.05, 0.1) is 11.2 Å². The van der Waals surface area contributed by atoms with Gasteiger partial charge in [-0.2, -0.15) is 5.10 Å². The Balaban J connectivity index is 1.22. The number of nitrogens with one attached hydrogen (secondary N) is 2. The van der Waals surface area contributed by atoms with Gasteiger partial charge in [-0.25, -0.2) is 0 Å². The summed E-state index contributed by atoms with van der Waals surface area (Å²) >= 11 is 0. The smallest absolute Gasteiger partial charge is 0.120 e. The van der Waals surface area contributed by atoms with Crippen molar-refractivity contribution >= 4 is 16.6 Å². The molecule has 2 aromatic carbocycles. The lowest BCUT2D eigenvalue weighted by Gasteiger charge is -2.31. The quantitative estimate of drug-likeness (QED) is 0.243. The number of rotatable bonds is 7. The van der Waals surface area contributed by atoms with Crippen LogP contribution in [0.5, 0.6) is 5.75 Å². The van der Waals surface area contributed by atoms with E-state index in [4.69, 9.17) is 9.84 Å². The molecule has 2 N–H and O–H groups in total. The van der Waals surface area contributed by atoms with Crippen molar-refractivity contribution in [2.45, 2.75) is 59.3 Å². The minimum Gasteiger partial charge on any atom is -0.492 e. The van der Waals surface area contributed by atoms with Crippen LogP contribution >= 0.6 is 0 Å². The van der Waals surface area contributed by atoms with Gasteiger partial charge in [-0.1, -0.05) is 17.7 Å². The maximum absolute atomic E-state index is 6.26. The van der Waals surface area contributed by atoms with E-state index < -0.39 is 0 Å². The van der Waals surface area contributed by atoms with Crippen molar-refractivity contribution in [3.05, 3.63) is 76.5 Å². The number of allylic oxidation sites excluding steroid dienone is 3. The lowest BCUT2D eigenvalue weighted by molar-refractivity contribution is 0.238. The molecule has 3 aliphatic rings. The van der Waals surface area contributed by atoms with Crippen LogP contribution in [0.4, 0.5) is 0 Å². The molecule has 1 aliphatic carbocycles. The number of nitrogens with zero attached hydrogens (tertiary/aromatic N) is 3. The highest BCUT2D eigenvalue weighted by Crippen LogP contribution is 2.38. The van der Waals surface area contributed by atoms with E-state index >= 15 is 0 Å². The van der Waals surface area contributed by atoms with Gasteiger partial charge in [-0.3, -0.25) is 10.00 Å². The molecule has 218 valence electrons. The van der Waals surface area contributed by atoms with Gasteiger partial charge in [-0.05, 0) is 125 Å². The number of aromatic amines is 2. The molecule has 0 saturated carbocycles. The summed E-state index contributed by atoms with van der Waals surface area (Å²) in [6.07, 6.45) is 12.0. The molecule has 2 saturated heterocycles. The molecule has 2 aromatic heterocycles. The minimum atomic E-state index is 0.729. The zero-order chi connectivity index (χ0) is 28.6. The van der Waals surface area contributed by atoms with E-state index in [2.05, 4.69) is 89.2 Å². The van der Waals surface area contributed by atoms with Gasteiger partial charge in [-0.15, -0.1) is 0 Å². The summed E-state index contributed by atoms with van der Waals surface area (Å²) in [5.74, 6) is 0.949. The number of aromatic nitrogens is 3. The predicted octanol–water partition coefficient (Wildman–Crippen LogP) is 7.65. The van der Waals surface area contributed by atoms with Crippen LogP contribution in [0.2, 0.25) is 0 Å². The van der Waals surface area contributed by atoms with Crippen molar-refractivity contribution < 1.29 is 4.74 Å². The highest BCUT2D eigenvalue weighted by atomic mass is 16.5. The normalized spacial score (nSPS) is 17.7. The number of ether oxygens (including phenoxy) is 1. The molecule has 6 heteroatoms. The summed E-state index contributed by atoms with van der Waals surface area (Å²) in [6, 6.07) is 13.5. The molecule has 6 nitrogen and oxygen atoms in total. The van der Waals surface area contributed by atoms with E-state index in [1.807, 2.05) is 0 Å². The molecular weight excluding hydrogens is 518 g/mol. The van der Waals surface area contributed by atoms with Crippen molar-refractivity contribution in [1.82, 2.24) is 25.0 Å². The fourth-order valence-electron chi connectivity index (χ4n) is 7.03. The zero-order valence-corrected chi connectivity index (χ0v) is 25.4. The van der Waals surface area contributed by atoms with Crippen LogP contribution in [0.15, 0.2) is 54.1 Å². The number of fused-ring (bicyclic) bond motifs is 2. The zero-order valence-electron chi connectivity index (χ0n) is 25.4. The highest BCUT2D eigenvalue weighted by Gasteiger charge is 2.23. The van der Waals surface area contributed by atoms with Gasteiger partial charge < -0.3 is 14.6 Å². The summed E-state index contributed by atoms with van der Waals surface area (Å²) < 4.78 is 6.26. The predicted molar refractivity (Wildman–Crippen MR) is 173 cm³/mol. The van der Waals surface area contributed by atoms with Crippen LogP contribution in [0.1, 0.15) is 61.4 Å². The first kappa shape index (κ1) is 27.1. The molecule has 0 spiro atoms. The number of piperidine rings is 1. The van der Waals surface area contributed by atoms with Crippen molar-refractivity contribution in [2.24, 2.45) is 0 Å². The number of hydrogen-bond donors (Lipinski definition) is 2. The highest BCUT2D eigenvalue weighted by molar-refractivity contribution is 5.96. The third kappa shape index (κ3) is 5.40. The average molecular weight is 562 g/mol. The Labute approximate surface area is 249 Å². The topological polar surface area (TPSA) is 60.2 Å². The van der Waals surface area contributed by atoms with Crippen LogP contribution in [0, 0.1) is 13.8 Å². The third-order valence-corrected chi connectivity index (χ3v) is 9.25. The van der Waals surface area contributed by atoms with Crippen molar-refractivity contribution in [1.29, 1.82) is 0 Å². The number of aryl methyl sites for hydroxylation is 2. The maximum Gasteiger partial charge on any atom is 0.120 e. The fraction of sp³-hybridized carbons (Fsp3) is 0.417. The number of hydrogen-bond acceptors (Lipinski definition) is 4. The Bertz CT molecular complexity index is 1660. The van der Waals surface area contributed by atoms with E-state index in [1.165, 1.54) is 90.0 Å². The van der Waals surface area contributed by atoms with E-state index in [-0.39, 0.29) is 0 Å². The molecule has 2 aliphatic heterocycles. The molecule has 0 bridgehead atoms. The minimum absolute atomic E-state index is 0.729. The van der Waals surface area contributed by atoms with Gasteiger partial charge in [0.2, 0.25) is 0 Å². The van der Waals surface area contributed by atoms with Crippen LogP contribution in [-0.4, -0.2) is 64.3 Å². The summed E-state index contributed by atoms with van der Waals surface area (Å²) in [6.45, 7) is 13.0. The van der Waals surface area contributed by atoms with Crippen molar-refractivity contribution in [3.8, 4) is 28.3 Å². The van der Waals surface area contributed by atoms with E-state index in [9.17, 15) is 0 Å². The van der Waals surface area contributed by atoms with E-state index in [0.717, 1.165) is 60.7 Å². The van der Waals surface area contributed by atoms with Crippen LogP contribution in [0.25, 0.3) is 39.1 Å². The Hall–Kier alpha value is -3.77. The summed E-state index contributed by atoms with van der Waals surface area (Å²) in [5, 5.41) is 9.31. The molecular formula is C36H43N5O. The second kappa shape index (κ2) is 11.5. The fourth-order valence-corrected chi connectivity index (χ4v) is 7.03. The van der Waals surface area contributed by atoms with Gasteiger partial charge in [0.1, 0.15) is 18.1 Å². The van der Waals surface area contributed by atoms with Gasteiger partial charge >= 0.3 is 0 Å². The number of H-pyrrole nitrogens is 2. The number of likely N-dealkylation sites (tertiary alicyclic amines) is 2. The maximum atomic E-state index is 6.26. The first-order chi connectivity index (χ1) is 20.5. The van der Waals surface area contributed by atoms with Crippen molar-refractivity contribution in [3.63, 3.8) is 0 Å². The van der Waals surface area contributed by atoms with Gasteiger partial charge in [0, 0.05) is 48.4 Å². The third-order valence-electron chi connectivity index (χ3n) is 9.25. The lowest BCUT2D eigenvalue weighted by atomic mass is 9.96. The van der Waals surface area contributed by atoms with E-state index in [0.29, 0.717) is 0 Å². The molecule has 4 aromatic rings. The first-order valence-corrected chi connectivity index (χ1v) is 15.8. The van der Waals surface area contributed by atoms with Gasteiger partial charge in [0.15, 0.2) is 0 Å². The molecule has 2 fully saturated rings. The first-order valence-electron chi connectivity index (χ1n) is 15.8. The van der Waals surface area contributed by atoms with Gasteiger partial charge in [0.25, 0.3) is 0 Å². The van der Waals surface area contributed by atoms with E-state index in [1.54, 1.807) is 0 Å². The molecule has 0 radical (unpaired) electrons. The Morgan fingerprint density at radius 1 is 0.833 bits per heavy atom. The Kier molecular flexibility index (Phi) is 7.41. The largest absolute Gasteiger partial charge is 0.492 e. The van der Waals surface area contributed by atoms with Crippen LogP contribution in [-0.2, 0) is 6.42 Å². The SMILES string of the molecule is CC1=CC=C(N2CCCCC2)c2cc(-c3n[nH]c4cc(C)c(-c5cc(C)cc(OCCN6CCCC6)c5)cc34)[nH]c2C1. The average Bonchev–Trinajstić information content (AvgIpc) is 3.72. The summed E-state index contributed by atoms with van der Waals surface area (Å²) in [4.78, 5) is 8.86. The Morgan fingerprint density at radius 3 is 2.48 bits per heavy atom. The summed E-state index contributed by atoms with van der Waals surface area (Å²) in [5.41, 5.74) is 13.3. The molecule has 4 heterocycles. The van der Waals surface area contributed by atoms with Crippen LogP contribution < -0.4 is 4.74 Å². The second-order valence-electron chi connectivity index (χ2n) is 12.6. The molecule has 7 rings (SSSR count). The summed E-state index contributed by atoms with van der Waals surface area (Å²) in [7, 11) is 0. The molecule has 0 atom stereocenters. The second-order valence-corrected chi connectivity index (χ2v) is 12.6. The van der Waals surface area contributed by atoms with Crippen molar-refractivity contribution in [2.75, 3.05) is 39.3 Å². The number of benzene rings is 2. The molecule has 0 unspecified atom stereocenters. The monoisotopic (exact) mass is 561 g/mol. The lowest BCUT2D eigenvalue weighted by Crippen LogP contribution is -2.28. The molecule has 0 amide bonds. The Morgan fingerprint density at radius 2 is 1.64 bits per heavy atom. The standard InChI is InChI=1S/C36H43N5O/c1-24-9-10-35(41-13-5-4-6-14-41)30-23-34(37-32(30)19-24)36-31-22-29(26(3)20-33(31)38-39-36)27-17-25(2)18-28(21-27)42-16-15-40-11-7-8-12-40/h9-10,17-18,20-23,37H,4-8,11-16,19H2,1-3H3,(H,38,39).